The number of aliphatic hydroxyl groups is 1. The zero-order valence-electron chi connectivity index (χ0n) is 7.89. The Hall–Kier alpha value is -0.460. The number of hydrogen-bond acceptors (Lipinski definition) is 3. The largest absolute Gasteiger partial charge is 0.386 e. The molecule has 0 aliphatic heterocycles. The first-order valence-electron chi connectivity index (χ1n) is 4.09. The normalized spacial score (nSPS) is 16.0. The average molecular weight is 297 g/mol. The van der Waals surface area contributed by atoms with Gasteiger partial charge < -0.3 is 5.11 Å². The molecule has 1 rings (SSSR count). The molecule has 0 spiro atoms. The van der Waals surface area contributed by atoms with Gasteiger partial charge in [0.15, 0.2) is 9.84 Å². The molecule has 1 aromatic rings. The number of hydrogen-bond donors (Lipinski definition) is 1. The Morgan fingerprint density at radius 1 is 1.40 bits per heavy atom. The number of benzene rings is 1. The molecule has 6 heteroatoms. The molecular formula is C9H10BrFO3S. The Kier molecular flexibility index (Phi) is 3.86. The predicted molar refractivity (Wildman–Crippen MR) is 58.9 cm³/mol. The van der Waals surface area contributed by atoms with Gasteiger partial charge in [-0.3, -0.25) is 0 Å². The summed E-state index contributed by atoms with van der Waals surface area (Å²) in [6, 6.07) is 5.51. The fraction of sp³-hybridized carbons (Fsp3) is 0.333. The van der Waals surface area contributed by atoms with E-state index < -0.39 is 25.9 Å². The van der Waals surface area contributed by atoms with Crippen LogP contribution >= 0.6 is 15.9 Å². The fourth-order valence-corrected chi connectivity index (χ4v) is 1.99. The molecule has 0 fully saturated rings. The average Bonchev–Trinajstić information content (AvgIpc) is 2.15. The zero-order chi connectivity index (χ0) is 11.6. The SMILES string of the molecule is CS(=O)(=O)[C@@H](Br)[C@H](O)c1ccccc1F. The molecule has 0 radical (unpaired) electrons. The molecule has 1 aromatic carbocycles. The third kappa shape index (κ3) is 2.99. The van der Waals surface area contributed by atoms with Gasteiger partial charge in [-0.05, 0) is 6.07 Å². The van der Waals surface area contributed by atoms with Crippen LogP contribution in [-0.4, -0.2) is 23.9 Å². The smallest absolute Gasteiger partial charge is 0.163 e. The van der Waals surface area contributed by atoms with Crippen LogP contribution in [0.4, 0.5) is 4.39 Å². The van der Waals surface area contributed by atoms with Crippen molar-refractivity contribution in [2.45, 2.75) is 10.3 Å². The molecule has 3 nitrogen and oxygen atoms in total. The van der Waals surface area contributed by atoms with Crippen LogP contribution in [0.25, 0.3) is 0 Å². The van der Waals surface area contributed by atoms with Crippen molar-refractivity contribution in [3.05, 3.63) is 35.6 Å². The molecule has 0 aromatic heterocycles. The predicted octanol–water partition coefficient (Wildman–Crippen LogP) is 1.62. The van der Waals surface area contributed by atoms with E-state index in [9.17, 15) is 17.9 Å². The summed E-state index contributed by atoms with van der Waals surface area (Å²) in [5.74, 6) is -0.627. The van der Waals surface area contributed by atoms with Crippen molar-refractivity contribution < 1.29 is 17.9 Å². The van der Waals surface area contributed by atoms with Crippen LogP contribution in [0.15, 0.2) is 24.3 Å². The van der Waals surface area contributed by atoms with Gasteiger partial charge in [-0.15, -0.1) is 0 Å². The van der Waals surface area contributed by atoms with Crippen molar-refractivity contribution in [3.63, 3.8) is 0 Å². The second-order valence-corrected chi connectivity index (χ2v) is 6.91. The summed E-state index contributed by atoms with van der Waals surface area (Å²) in [6.07, 6.45) is -0.447. The van der Waals surface area contributed by atoms with Crippen LogP contribution in [0.2, 0.25) is 0 Å². The van der Waals surface area contributed by atoms with E-state index in [1.54, 1.807) is 0 Å². The summed E-state index contributed by atoms with van der Waals surface area (Å²) >= 11 is 2.83. The van der Waals surface area contributed by atoms with Crippen LogP contribution in [0.1, 0.15) is 11.7 Å². The van der Waals surface area contributed by atoms with E-state index in [-0.39, 0.29) is 5.56 Å². The highest BCUT2D eigenvalue weighted by atomic mass is 79.9. The van der Waals surface area contributed by atoms with E-state index in [0.717, 1.165) is 6.26 Å². The molecule has 0 aliphatic carbocycles. The van der Waals surface area contributed by atoms with Gasteiger partial charge in [0.1, 0.15) is 16.1 Å². The molecule has 0 aliphatic rings. The lowest BCUT2D eigenvalue weighted by atomic mass is 10.1. The van der Waals surface area contributed by atoms with Crippen LogP contribution in [0, 0.1) is 5.82 Å². The Morgan fingerprint density at radius 2 is 1.93 bits per heavy atom. The lowest BCUT2D eigenvalue weighted by molar-refractivity contribution is 0.190. The maximum absolute atomic E-state index is 13.2. The quantitative estimate of drug-likeness (QED) is 0.863. The van der Waals surface area contributed by atoms with Crippen LogP contribution in [0.5, 0.6) is 0 Å². The van der Waals surface area contributed by atoms with Gasteiger partial charge in [0, 0.05) is 11.8 Å². The second-order valence-electron chi connectivity index (χ2n) is 3.15. The molecular weight excluding hydrogens is 287 g/mol. The highest BCUT2D eigenvalue weighted by Crippen LogP contribution is 2.27. The van der Waals surface area contributed by atoms with E-state index in [1.165, 1.54) is 24.3 Å². The number of halogens is 2. The van der Waals surface area contributed by atoms with Crippen LogP contribution in [-0.2, 0) is 9.84 Å². The first-order chi connectivity index (χ1) is 6.84. The van der Waals surface area contributed by atoms with Crippen molar-refractivity contribution in [3.8, 4) is 0 Å². The van der Waals surface area contributed by atoms with Crippen molar-refractivity contribution >= 4 is 25.8 Å². The number of rotatable bonds is 3. The number of sulfone groups is 1. The van der Waals surface area contributed by atoms with E-state index in [0.29, 0.717) is 0 Å². The maximum atomic E-state index is 13.2. The molecule has 0 saturated heterocycles. The lowest BCUT2D eigenvalue weighted by Crippen LogP contribution is -2.22. The van der Waals surface area contributed by atoms with E-state index in [1.807, 2.05) is 0 Å². The molecule has 15 heavy (non-hydrogen) atoms. The molecule has 84 valence electrons. The summed E-state index contributed by atoms with van der Waals surface area (Å²) in [5, 5.41) is 9.64. The number of aliphatic hydroxyl groups excluding tert-OH is 1. The number of alkyl halides is 1. The van der Waals surface area contributed by atoms with Gasteiger partial charge in [0.25, 0.3) is 0 Å². The summed E-state index contributed by atoms with van der Waals surface area (Å²) in [6.45, 7) is 0. The summed E-state index contributed by atoms with van der Waals surface area (Å²) in [4.78, 5) is 0. The van der Waals surface area contributed by atoms with Crippen molar-refractivity contribution in [2.75, 3.05) is 6.26 Å². The highest BCUT2D eigenvalue weighted by Gasteiger charge is 2.28. The minimum absolute atomic E-state index is 0.0372. The van der Waals surface area contributed by atoms with Crippen LogP contribution < -0.4 is 0 Å². The molecule has 0 saturated carbocycles. The Labute approximate surface area is 96.0 Å². The molecule has 0 amide bonds. The monoisotopic (exact) mass is 296 g/mol. The van der Waals surface area contributed by atoms with Gasteiger partial charge in [-0.2, -0.15) is 0 Å². The van der Waals surface area contributed by atoms with E-state index in [2.05, 4.69) is 15.9 Å². The Bertz CT molecular complexity index is 446. The maximum Gasteiger partial charge on any atom is 0.163 e. The summed E-state index contributed by atoms with van der Waals surface area (Å²) in [7, 11) is -3.47. The molecule has 0 unspecified atom stereocenters. The fourth-order valence-electron chi connectivity index (χ4n) is 1.09. The molecule has 2 atom stereocenters. The molecule has 0 heterocycles. The summed E-state index contributed by atoms with van der Waals surface area (Å²) in [5.41, 5.74) is -0.0372. The van der Waals surface area contributed by atoms with Gasteiger partial charge in [0.05, 0.1) is 0 Å². The van der Waals surface area contributed by atoms with Gasteiger partial charge >= 0.3 is 0 Å². The van der Waals surface area contributed by atoms with E-state index in [4.69, 9.17) is 0 Å². The highest BCUT2D eigenvalue weighted by molar-refractivity contribution is 9.11. The zero-order valence-corrected chi connectivity index (χ0v) is 10.3. The minimum atomic E-state index is -3.47. The molecule has 0 bridgehead atoms. The first kappa shape index (κ1) is 12.6. The van der Waals surface area contributed by atoms with Gasteiger partial charge in [-0.25, -0.2) is 12.8 Å². The van der Waals surface area contributed by atoms with Crippen molar-refractivity contribution in [2.24, 2.45) is 0 Å². The lowest BCUT2D eigenvalue weighted by Gasteiger charge is -2.16. The third-order valence-corrected chi connectivity index (χ3v) is 5.49. The minimum Gasteiger partial charge on any atom is -0.386 e. The Morgan fingerprint density at radius 3 is 2.40 bits per heavy atom. The first-order valence-corrected chi connectivity index (χ1v) is 6.96. The molecule has 1 N–H and O–H groups in total. The summed E-state index contributed by atoms with van der Waals surface area (Å²) < 4.78 is 34.3. The van der Waals surface area contributed by atoms with Gasteiger partial charge in [-0.1, -0.05) is 34.1 Å². The van der Waals surface area contributed by atoms with Crippen molar-refractivity contribution in [1.82, 2.24) is 0 Å². The third-order valence-electron chi connectivity index (χ3n) is 1.88. The van der Waals surface area contributed by atoms with E-state index >= 15 is 0 Å². The second kappa shape index (κ2) is 4.59. The van der Waals surface area contributed by atoms with Crippen LogP contribution in [0.3, 0.4) is 0 Å². The standard InChI is InChI=1S/C9H10BrFO3S/c1-15(13,14)9(10)8(12)6-4-2-3-5-7(6)11/h2-5,8-9,12H,1H3/t8-,9-/m1/s1. The van der Waals surface area contributed by atoms with Crippen molar-refractivity contribution in [1.29, 1.82) is 0 Å². The Balaban J connectivity index is 3.06. The van der Waals surface area contributed by atoms with Gasteiger partial charge in [0.2, 0.25) is 0 Å². The topological polar surface area (TPSA) is 54.4 Å².